The van der Waals surface area contributed by atoms with Crippen LogP contribution >= 0.6 is 0 Å². The Balaban J connectivity index is 1.94. The Morgan fingerprint density at radius 3 is 2.52 bits per heavy atom. The summed E-state index contributed by atoms with van der Waals surface area (Å²) in [4.78, 5) is 25.1. The SMILES string of the molecule is CNC(=O)c1cc(C(=O)NC2CCC(O)CC2)c([C@H](CC#N)c2ccccc2)o1. The van der Waals surface area contributed by atoms with Gasteiger partial charge in [0, 0.05) is 25.6 Å². The number of aliphatic hydroxyl groups excluding tert-OH is 1. The van der Waals surface area contributed by atoms with E-state index < -0.39 is 11.8 Å². The number of amides is 2. The second kappa shape index (κ2) is 9.39. The van der Waals surface area contributed by atoms with Gasteiger partial charge in [-0.25, -0.2) is 0 Å². The van der Waals surface area contributed by atoms with Crippen LogP contribution in [0, 0.1) is 11.3 Å². The highest BCUT2D eigenvalue weighted by Gasteiger charge is 2.30. The molecule has 0 radical (unpaired) electrons. The maximum atomic E-state index is 13.0. The van der Waals surface area contributed by atoms with Crippen molar-refractivity contribution in [2.75, 3.05) is 7.05 Å². The molecule has 1 fully saturated rings. The van der Waals surface area contributed by atoms with Crippen molar-refractivity contribution in [3.05, 3.63) is 59.0 Å². The van der Waals surface area contributed by atoms with Crippen molar-refractivity contribution < 1.29 is 19.1 Å². The van der Waals surface area contributed by atoms with Gasteiger partial charge < -0.3 is 20.2 Å². The lowest BCUT2D eigenvalue weighted by Gasteiger charge is -2.26. The molecule has 3 rings (SSSR count). The number of hydrogen-bond acceptors (Lipinski definition) is 5. The second-order valence-corrected chi connectivity index (χ2v) is 7.27. The van der Waals surface area contributed by atoms with Crippen LogP contribution in [0.5, 0.6) is 0 Å². The number of aliphatic hydroxyl groups is 1. The molecule has 1 saturated carbocycles. The van der Waals surface area contributed by atoms with E-state index in [2.05, 4.69) is 16.7 Å². The summed E-state index contributed by atoms with van der Waals surface area (Å²) in [7, 11) is 1.49. The van der Waals surface area contributed by atoms with Crippen LogP contribution in [-0.2, 0) is 0 Å². The van der Waals surface area contributed by atoms with Gasteiger partial charge in [0.1, 0.15) is 5.76 Å². The van der Waals surface area contributed by atoms with Gasteiger partial charge in [0.15, 0.2) is 5.76 Å². The Hall–Kier alpha value is -3.11. The third-order valence-electron chi connectivity index (χ3n) is 5.30. The van der Waals surface area contributed by atoms with Crippen LogP contribution < -0.4 is 10.6 Å². The molecule has 7 nitrogen and oxygen atoms in total. The number of rotatable bonds is 6. The van der Waals surface area contributed by atoms with Crippen LogP contribution in [0.2, 0.25) is 0 Å². The Kier molecular flexibility index (Phi) is 6.68. The van der Waals surface area contributed by atoms with Gasteiger partial charge in [-0.1, -0.05) is 30.3 Å². The van der Waals surface area contributed by atoms with E-state index in [1.54, 1.807) is 0 Å². The average Bonchev–Trinajstić information content (AvgIpc) is 3.19. The van der Waals surface area contributed by atoms with Crippen molar-refractivity contribution in [2.45, 2.75) is 50.2 Å². The number of nitrogens with zero attached hydrogens (tertiary/aromatic N) is 1. The highest BCUT2D eigenvalue weighted by atomic mass is 16.4. The number of hydrogen-bond donors (Lipinski definition) is 3. The lowest BCUT2D eigenvalue weighted by molar-refractivity contribution is 0.0864. The smallest absolute Gasteiger partial charge is 0.286 e. The molecule has 1 aromatic carbocycles. The predicted octanol–water partition coefficient (Wildman–Crippen LogP) is 2.72. The molecule has 152 valence electrons. The van der Waals surface area contributed by atoms with Gasteiger partial charge in [-0.2, -0.15) is 5.26 Å². The van der Waals surface area contributed by atoms with Gasteiger partial charge in [-0.3, -0.25) is 9.59 Å². The van der Waals surface area contributed by atoms with Gasteiger partial charge in [0.25, 0.3) is 11.8 Å². The monoisotopic (exact) mass is 395 g/mol. The fraction of sp³-hybridized carbons (Fsp3) is 0.409. The molecule has 0 aliphatic heterocycles. The molecule has 1 aromatic heterocycles. The number of furan rings is 1. The highest BCUT2D eigenvalue weighted by molar-refractivity contribution is 5.99. The van der Waals surface area contributed by atoms with Gasteiger partial charge >= 0.3 is 0 Å². The van der Waals surface area contributed by atoms with E-state index in [0.29, 0.717) is 31.4 Å². The summed E-state index contributed by atoms with van der Waals surface area (Å²) < 4.78 is 5.80. The van der Waals surface area contributed by atoms with Gasteiger partial charge in [-0.15, -0.1) is 0 Å². The largest absolute Gasteiger partial charge is 0.454 e. The summed E-state index contributed by atoms with van der Waals surface area (Å²) in [5, 5.41) is 24.5. The van der Waals surface area contributed by atoms with Crippen LogP contribution in [0.25, 0.3) is 0 Å². The van der Waals surface area contributed by atoms with Gasteiger partial charge in [0.05, 0.1) is 23.7 Å². The number of nitriles is 1. The lowest BCUT2D eigenvalue weighted by atomic mass is 9.90. The molecule has 1 heterocycles. The normalized spacial score (nSPS) is 19.8. The topological polar surface area (TPSA) is 115 Å². The van der Waals surface area contributed by atoms with E-state index in [4.69, 9.17) is 4.42 Å². The maximum absolute atomic E-state index is 13.0. The summed E-state index contributed by atoms with van der Waals surface area (Å²) in [5.41, 5.74) is 1.10. The van der Waals surface area contributed by atoms with Crippen molar-refractivity contribution in [3.63, 3.8) is 0 Å². The molecule has 29 heavy (non-hydrogen) atoms. The third-order valence-corrected chi connectivity index (χ3v) is 5.30. The van der Waals surface area contributed by atoms with E-state index in [-0.39, 0.29) is 35.8 Å². The molecular formula is C22H25N3O4. The van der Waals surface area contributed by atoms with Crippen molar-refractivity contribution >= 4 is 11.8 Å². The van der Waals surface area contributed by atoms with Crippen molar-refractivity contribution in [2.24, 2.45) is 0 Å². The number of carbonyl (C=O) groups excluding carboxylic acids is 2. The Morgan fingerprint density at radius 1 is 1.21 bits per heavy atom. The van der Waals surface area contributed by atoms with Crippen LogP contribution in [0.15, 0.2) is 40.8 Å². The first-order valence-corrected chi connectivity index (χ1v) is 9.80. The summed E-state index contributed by atoms with van der Waals surface area (Å²) >= 11 is 0. The van der Waals surface area contributed by atoms with E-state index >= 15 is 0 Å². The third kappa shape index (κ3) is 4.84. The highest BCUT2D eigenvalue weighted by Crippen LogP contribution is 2.33. The minimum Gasteiger partial charge on any atom is -0.454 e. The molecule has 2 aromatic rings. The zero-order valence-corrected chi connectivity index (χ0v) is 16.4. The van der Waals surface area contributed by atoms with E-state index in [9.17, 15) is 20.0 Å². The fourth-order valence-electron chi connectivity index (χ4n) is 3.70. The molecule has 0 saturated heterocycles. The predicted molar refractivity (Wildman–Crippen MR) is 106 cm³/mol. The van der Waals surface area contributed by atoms with Crippen molar-refractivity contribution in [1.82, 2.24) is 10.6 Å². The summed E-state index contributed by atoms with van der Waals surface area (Å²) in [5.74, 6) is -0.891. The summed E-state index contributed by atoms with van der Waals surface area (Å²) in [6.07, 6.45) is 2.48. The van der Waals surface area contributed by atoms with Crippen LogP contribution in [-0.4, -0.2) is 36.1 Å². The molecule has 1 aliphatic rings. The zero-order chi connectivity index (χ0) is 20.8. The fourth-order valence-corrected chi connectivity index (χ4v) is 3.70. The lowest BCUT2D eigenvalue weighted by Crippen LogP contribution is -2.38. The Bertz CT molecular complexity index is 893. The number of benzene rings is 1. The first-order valence-electron chi connectivity index (χ1n) is 9.80. The first kappa shape index (κ1) is 20.6. The maximum Gasteiger partial charge on any atom is 0.286 e. The second-order valence-electron chi connectivity index (χ2n) is 7.27. The van der Waals surface area contributed by atoms with E-state index in [1.807, 2.05) is 30.3 Å². The molecule has 1 atom stereocenters. The standard InChI is InChI=1S/C22H25N3O4/c1-24-22(28)19-13-18(21(27)25-15-7-9-16(26)10-8-15)20(29-19)17(11-12-23)14-5-3-2-4-6-14/h2-6,13,15-17,26H,7-11H2,1H3,(H,24,28)(H,25,27)/t15?,16?,17-/m1/s1. The molecule has 0 bridgehead atoms. The van der Waals surface area contributed by atoms with Crippen LogP contribution in [0.3, 0.4) is 0 Å². The quantitative estimate of drug-likeness (QED) is 0.696. The molecule has 1 aliphatic carbocycles. The van der Waals surface area contributed by atoms with Gasteiger partial charge in [0.2, 0.25) is 0 Å². The minimum absolute atomic E-state index is 0.0330. The van der Waals surface area contributed by atoms with Crippen molar-refractivity contribution in [1.29, 1.82) is 5.26 Å². The molecule has 0 unspecified atom stereocenters. The van der Waals surface area contributed by atoms with Gasteiger partial charge in [-0.05, 0) is 31.2 Å². The van der Waals surface area contributed by atoms with E-state index in [0.717, 1.165) is 5.56 Å². The molecule has 3 N–H and O–H groups in total. The first-order chi connectivity index (χ1) is 14.0. The Labute approximate surface area is 169 Å². The zero-order valence-electron chi connectivity index (χ0n) is 16.4. The molecule has 0 spiro atoms. The van der Waals surface area contributed by atoms with E-state index in [1.165, 1.54) is 13.1 Å². The molecule has 2 amide bonds. The molecular weight excluding hydrogens is 370 g/mol. The number of nitrogens with one attached hydrogen (secondary N) is 2. The summed E-state index contributed by atoms with van der Waals surface area (Å²) in [6.45, 7) is 0. The minimum atomic E-state index is -0.464. The Morgan fingerprint density at radius 2 is 1.90 bits per heavy atom. The van der Waals surface area contributed by atoms with Crippen molar-refractivity contribution in [3.8, 4) is 6.07 Å². The van der Waals surface area contributed by atoms with Crippen LogP contribution in [0.1, 0.15) is 70.3 Å². The van der Waals surface area contributed by atoms with Crippen LogP contribution in [0.4, 0.5) is 0 Å². The molecule has 7 heteroatoms. The summed E-state index contributed by atoms with van der Waals surface area (Å²) in [6, 6.07) is 12.9. The average molecular weight is 395 g/mol. The number of carbonyl (C=O) groups is 2.